The van der Waals surface area contributed by atoms with E-state index in [2.05, 4.69) is 12.2 Å². The summed E-state index contributed by atoms with van der Waals surface area (Å²) in [5.41, 5.74) is 0. The smallest absolute Gasteiger partial charge is 0.236 e. The third kappa shape index (κ3) is 4.55. The predicted octanol–water partition coefficient (Wildman–Crippen LogP) is -0.522. The Labute approximate surface area is 109 Å². The summed E-state index contributed by atoms with van der Waals surface area (Å²) < 4.78 is 24.1. The van der Waals surface area contributed by atoms with Crippen molar-refractivity contribution in [3.05, 3.63) is 0 Å². The van der Waals surface area contributed by atoms with Crippen LogP contribution in [-0.2, 0) is 14.8 Å². The molecule has 1 rings (SSSR count). The van der Waals surface area contributed by atoms with E-state index in [0.29, 0.717) is 38.8 Å². The first kappa shape index (κ1) is 15.4. The molecule has 1 saturated heterocycles. The topological polar surface area (TPSA) is 69.7 Å². The number of carbonyl (C=O) groups is 1. The summed E-state index contributed by atoms with van der Waals surface area (Å²) in [6, 6.07) is 0.325. The Bertz CT molecular complexity index is 375. The van der Waals surface area contributed by atoms with Gasteiger partial charge in [0.25, 0.3) is 0 Å². The summed E-state index contributed by atoms with van der Waals surface area (Å²) in [5, 5.41) is 3.15. The van der Waals surface area contributed by atoms with E-state index in [-0.39, 0.29) is 5.91 Å². The van der Waals surface area contributed by atoms with Gasteiger partial charge in [-0.2, -0.15) is 4.31 Å². The number of sulfonamides is 1. The van der Waals surface area contributed by atoms with Crippen LogP contribution in [0.25, 0.3) is 0 Å². The van der Waals surface area contributed by atoms with E-state index in [9.17, 15) is 13.2 Å². The zero-order valence-electron chi connectivity index (χ0n) is 11.3. The van der Waals surface area contributed by atoms with E-state index in [1.165, 1.54) is 10.6 Å². The zero-order valence-corrected chi connectivity index (χ0v) is 12.2. The molecule has 0 aliphatic carbocycles. The lowest BCUT2D eigenvalue weighted by atomic mass is 10.2. The van der Waals surface area contributed by atoms with Crippen molar-refractivity contribution in [3.63, 3.8) is 0 Å². The molecule has 0 aromatic carbocycles. The maximum Gasteiger partial charge on any atom is 0.236 e. The number of carbonyl (C=O) groups excluding carboxylic acids is 1. The number of hydrogen-bond acceptors (Lipinski definition) is 4. The summed E-state index contributed by atoms with van der Waals surface area (Å²) in [7, 11) is -3.12. The highest BCUT2D eigenvalue weighted by Gasteiger charge is 2.25. The Hall–Kier alpha value is -0.660. The van der Waals surface area contributed by atoms with Crippen molar-refractivity contribution in [3.8, 4) is 0 Å². The molecule has 0 bridgehead atoms. The van der Waals surface area contributed by atoms with Crippen LogP contribution in [0.1, 0.15) is 20.3 Å². The van der Waals surface area contributed by atoms with Gasteiger partial charge in [0.05, 0.1) is 12.8 Å². The molecule has 0 radical (unpaired) electrons. The van der Waals surface area contributed by atoms with Crippen molar-refractivity contribution >= 4 is 15.9 Å². The van der Waals surface area contributed by atoms with Crippen molar-refractivity contribution in [2.45, 2.75) is 26.3 Å². The standard InChI is InChI=1S/C11H23N3O3S/c1-4-10(2)12-9-11(15)13-5-7-14(8-6-13)18(3,16)17/h10,12H,4-9H2,1-3H3. The van der Waals surface area contributed by atoms with Gasteiger partial charge >= 0.3 is 0 Å². The lowest BCUT2D eigenvalue weighted by Crippen LogP contribution is -2.52. The van der Waals surface area contributed by atoms with Crippen LogP contribution < -0.4 is 5.32 Å². The predicted molar refractivity (Wildman–Crippen MR) is 70.8 cm³/mol. The summed E-state index contributed by atoms with van der Waals surface area (Å²) in [4.78, 5) is 13.6. The summed E-state index contributed by atoms with van der Waals surface area (Å²) >= 11 is 0. The van der Waals surface area contributed by atoms with Crippen LogP contribution in [0.2, 0.25) is 0 Å². The Morgan fingerprint density at radius 1 is 1.28 bits per heavy atom. The van der Waals surface area contributed by atoms with Crippen LogP contribution in [0.3, 0.4) is 0 Å². The second kappa shape index (κ2) is 6.49. The van der Waals surface area contributed by atoms with Gasteiger partial charge in [-0.1, -0.05) is 6.92 Å². The highest BCUT2D eigenvalue weighted by Crippen LogP contribution is 2.06. The lowest BCUT2D eigenvalue weighted by Gasteiger charge is -2.33. The molecular weight excluding hydrogens is 254 g/mol. The Balaban J connectivity index is 2.36. The van der Waals surface area contributed by atoms with Crippen LogP contribution in [-0.4, -0.2) is 68.6 Å². The molecule has 1 unspecified atom stereocenters. The number of piperazine rings is 1. The van der Waals surface area contributed by atoms with E-state index in [1.807, 2.05) is 6.92 Å². The number of rotatable bonds is 5. The summed E-state index contributed by atoms with van der Waals surface area (Å²) in [5.74, 6) is 0.0449. The summed E-state index contributed by atoms with van der Waals surface area (Å²) in [6.07, 6.45) is 2.18. The molecule has 0 saturated carbocycles. The minimum atomic E-state index is -3.12. The molecule has 18 heavy (non-hydrogen) atoms. The summed E-state index contributed by atoms with van der Waals surface area (Å²) in [6.45, 7) is 6.18. The minimum Gasteiger partial charge on any atom is -0.339 e. The SMILES string of the molecule is CCC(C)NCC(=O)N1CCN(S(C)(=O)=O)CC1. The first-order chi connectivity index (χ1) is 8.34. The number of nitrogens with zero attached hydrogens (tertiary/aromatic N) is 2. The Morgan fingerprint density at radius 2 is 1.83 bits per heavy atom. The zero-order chi connectivity index (χ0) is 13.8. The van der Waals surface area contributed by atoms with Crippen molar-refractivity contribution in [2.75, 3.05) is 39.0 Å². The van der Waals surface area contributed by atoms with Gasteiger partial charge in [-0.15, -0.1) is 0 Å². The maximum absolute atomic E-state index is 11.9. The van der Waals surface area contributed by atoms with E-state index >= 15 is 0 Å². The number of hydrogen-bond donors (Lipinski definition) is 1. The molecule has 1 fully saturated rings. The third-order valence-corrected chi connectivity index (χ3v) is 4.58. The fraction of sp³-hybridized carbons (Fsp3) is 0.909. The Kier molecular flexibility index (Phi) is 5.55. The average molecular weight is 277 g/mol. The first-order valence-electron chi connectivity index (χ1n) is 6.31. The normalized spacial score (nSPS) is 19.8. The van der Waals surface area contributed by atoms with E-state index < -0.39 is 10.0 Å². The van der Waals surface area contributed by atoms with Gasteiger partial charge in [0.2, 0.25) is 15.9 Å². The van der Waals surface area contributed by atoms with E-state index in [0.717, 1.165) is 6.42 Å². The molecule has 1 aliphatic heterocycles. The van der Waals surface area contributed by atoms with Crippen LogP contribution in [0.15, 0.2) is 0 Å². The van der Waals surface area contributed by atoms with Crippen LogP contribution in [0.4, 0.5) is 0 Å². The van der Waals surface area contributed by atoms with Crippen molar-refractivity contribution < 1.29 is 13.2 Å². The number of nitrogens with one attached hydrogen (secondary N) is 1. The molecule has 1 amide bonds. The first-order valence-corrected chi connectivity index (χ1v) is 8.15. The average Bonchev–Trinajstić information content (AvgIpc) is 2.34. The molecule has 0 aromatic heterocycles. The fourth-order valence-electron chi connectivity index (χ4n) is 1.79. The van der Waals surface area contributed by atoms with Gasteiger partial charge in [0.15, 0.2) is 0 Å². The van der Waals surface area contributed by atoms with Gasteiger partial charge in [0, 0.05) is 32.2 Å². The van der Waals surface area contributed by atoms with Crippen LogP contribution in [0.5, 0.6) is 0 Å². The highest BCUT2D eigenvalue weighted by atomic mass is 32.2. The maximum atomic E-state index is 11.9. The van der Waals surface area contributed by atoms with E-state index in [4.69, 9.17) is 0 Å². The van der Waals surface area contributed by atoms with Gasteiger partial charge in [0.1, 0.15) is 0 Å². The molecule has 106 valence electrons. The number of amides is 1. The largest absolute Gasteiger partial charge is 0.339 e. The molecule has 0 spiro atoms. The van der Waals surface area contributed by atoms with Crippen LogP contribution >= 0.6 is 0 Å². The molecule has 1 aliphatic rings. The van der Waals surface area contributed by atoms with E-state index in [1.54, 1.807) is 4.90 Å². The molecule has 7 heteroatoms. The second-order valence-corrected chi connectivity index (χ2v) is 6.72. The van der Waals surface area contributed by atoms with Gasteiger partial charge in [-0.3, -0.25) is 4.79 Å². The second-order valence-electron chi connectivity index (χ2n) is 4.73. The molecule has 6 nitrogen and oxygen atoms in total. The van der Waals surface area contributed by atoms with Gasteiger partial charge in [-0.25, -0.2) is 8.42 Å². The van der Waals surface area contributed by atoms with Crippen molar-refractivity contribution in [1.82, 2.24) is 14.5 Å². The Morgan fingerprint density at radius 3 is 2.28 bits per heavy atom. The molecule has 1 atom stereocenters. The highest BCUT2D eigenvalue weighted by molar-refractivity contribution is 7.88. The molecule has 1 N–H and O–H groups in total. The lowest BCUT2D eigenvalue weighted by molar-refractivity contribution is -0.131. The molecule has 1 heterocycles. The molecular formula is C11H23N3O3S. The van der Waals surface area contributed by atoms with Crippen molar-refractivity contribution in [1.29, 1.82) is 0 Å². The fourth-order valence-corrected chi connectivity index (χ4v) is 2.61. The quantitative estimate of drug-likeness (QED) is 0.734. The monoisotopic (exact) mass is 277 g/mol. The molecule has 0 aromatic rings. The third-order valence-electron chi connectivity index (χ3n) is 3.27. The van der Waals surface area contributed by atoms with Crippen LogP contribution in [0, 0.1) is 0 Å². The van der Waals surface area contributed by atoms with Crippen molar-refractivity contribution in [2.24, 2.45) is 0 Å². The minimum absolute atomic E-state index is 0.0449. The van der Waals surface area contributed by atoms with Gasteiger partial charge in [-0.05, 0) is 13.3 Å². The van der Waals surface area contributed by atoms with Gasteiger partial charge < -0.3 is 10.2 Å².